The summed E-state index contributed by atoms with van der Waals surface area (Å²) in [5, 5.41) is 19.7. The number of rotatable bonds is 4. The summed E-state index contributed by atoms with van der Waals surface area (Å²) in [5.74, 6) is 0.216. The summed E-state index contributed by atoms with van der Waals surface area (Å²) in [5.41, 5.74) is 5.26. The predicted octanol–water partition coefficient (Wildman–Crippen LogP) is 4.69. The van der Waals surface area contributed by atoms with Crippen LogP contribution in [0.1, 0.15) is 16.7 Å². The van der Waals surface area contributed by atoms with Crippen LogP contribution < -0.4 is 0 Å². The lowest BCUT2D eigenvalue weighted by Gasteiger charge is -2.09. The van der Waals surface area contributed by atoms with Gasteiger partial charge in [-0.3, -0.25) is 0 Å². The molecule has 0 atom stereocenters. The quantitative estimate of drug-likeness (QED) is 0.586. The van der Waals surface area contributed by atoms with E-state index in [4.69, 9.17) is 0 Å². The Bertz CT molecular complexity index is 1050. The summed E-state index contributed by atoms with van der Waals surface area (Å²) < 4.78 is 0. The average molecular weight is 341 g/mol. The first-order valence-corrected chi connectivity index (χ1v) is 8.57. The second-order valence-electron chi connectivity index (χ2n) is 6.29. The van der Waals surface area contributed by atoms with Crippen LogP contribution in [0.5, 0.6) is 5.75 Å². The molecule has 4 aromatic rings. The van der Waals surface area contributed by atoms with Crippen molar-refractivity contribution in [2.75, 3.05) is 0 Å². The van der Waals surface area contributed by atoms with Gasteiger partial charge in [0.2, 0.25) is 0 Å². The first kappa shape index (κ1) is 16.1. The number of aromatic nitrogens is 3. The first-order chi connectivity index (χ1) is 12.7. The Morgan fingerprint density at radius 1 is 0.923 bits per heavy atom. The third-order valence-corrected chi connectivity index (χ3v) is 4.26. The van der Waals surface area contributed by atoms with Crippen molar-refractivity contribution in [2.24, 2.45) is 0 Å². The molecule has 0 aliphatic rings. The number of aromatic hydroxyl groups is 1. The Balaban J connectivity index is 1.67. The Kier molecular flexibility index (Phi) is 4.23. The van der Waals surface area contributed by atoms with Crippen molar-refractivity contribution in [3.63, 3.8) is 0 Å². The normalized spacial score (nSPS) is 11.4. The maximum absolute atomic E-state index is 10.8. The molecule has 0 spiro atoms. The van der Waals surface area contributed by atoms with Crippen LogP contribution in [-0.2, 0) is 6.42 Å². The Morgan fingerprint density at radius 3 is 2.27 bits per heavy atom. The van der Waals surface area contributed by atoms with Crippen molar-refractivity contribution in [1.29, 1.82) is 0 Å². The summed E-state index contributed by atoms with van der Waals surface area (Å²) in [6.45, 7) is 2.01. The number of fused-ring (bicyclic) bond motifs is 1. The van der Waals surface area contributed by atoms with E-state index in [0.29, 0.717) is 12.1 Å². The SMILES string of the molecule is Cc1cc(C/C=C/c2ccccc2)c(O)c(-n2nc3ccccc3n2)c1. The Hall–Kier alpha value is -3.40. The third-order valence-electron chi connectivity index (χ3n) is 4.26. The molecule has 0 saturated carbocycles. The second-order valence-corrected chi connectivity index (χ2v) is 6.29. The van der Waals surface area contributed by atoms with E-state index in [1.165, 1.54) is 4.80 Å². The smallest absolute Gasteiger partial charge is 0.146 e. The molecule has 4 nitrogen and oxygen atoms in total. The highest BCUT2D eigenvalue weighted by molar-refractivity contribution is 5.73. The lowest BCUT2D eigenvalue weighted by molar-refractivity contribution is 0.462. The van der Waals surface area contributed by atoms with E-state index < -0.39 is 0 Å². The standard InChI is InChI=1S/C22H19N3O/c1-16-14-18(11-7-10-17-8-3-2-4-9-17)22(26)21(15-16)25-23-19-12-5-6-13-20(19)24-25/h2-10,12-15,26H,11H2,1H3/b10-7+. The fourth-order valence-electron chi connectivity index (χ4n) is 3.00. The minimum absolute atomic E-state index is 0.216. The minimum Gasteiger partial charge on any atom is -0.505 e. The molecular formula is C22H19N3O. The van der Waals surface area contributed by atoms with E-state index >= 15 is 0 Å². The molecule has 1 aromatic heterocycles. The molecule has 0 unspecified atom stereocenters. The van der Waals surface area contributed by atoms with Crippen molar-refractivity contribution in [2.45, 2.75) is 13.3 Å². The van der Waals surface area contributed by atoms with Crippen LogP contribution in [0.4, 0.5) is 0 Å². The number of benzene rings is 3. The topological polar surface area (TPSA) is 50.9 Å². The van der Waals surface area contributed by atoms with Crippen molar-refractivity contribution in [3.05, 3.63) is 89.5 Å². The van der Waals surface area contributed by atoms with Gasteiger partial charge in [-0.1, -0.05) is 60.7 Å². The molecule has 128 valence electrons. The van der Waals surface area contributed by atoms with Gasteiger partial charge in [-0.2, -0.15) is 0 Å². The molecule has 0 saturated heterocycles. The zero-order chi connectivity index (χ0) is 17.9. The molecule has 0 amide bonds. The van der Waals surface area contributed by atoms with Crippen LogP contribution in [0, 0.1) is 6.92 Å². The van der Waals surface area contributed by atoms with Gasteiger partial charge in [0.15, 0.2) is 0 Å². The molecule has 3 aromatic carbocycles. The van der Waals surface area contributed by atoms with Crippen molar-refractivity contribution in [1.82, 2.24) is 15.0 Å². The highest BCUT2D eigenvalue weighted by Gasteiger charge is 2.12. The number of hydrogen-bond acceptors (Lipinski definition) is 3. The molecule has 4 heteroatoms. The Morgan fingerprint density at radius 2 is 1.58 bits per heavy atom. The van der Waals surface area contributed by atoms with Crippen LogP contribution >= 0.6 is 0 Å². The molecular weight excluding hydrogens is 322 g/mol. The molecule has 4 rings (SSSR count). The van der Waals surface area contributed by atoms with Gasteiger partial charge in [-0.25, -0.2) is 0 Å². The monoisotopic (exact) mass is 341 g/mol. The van der Waals surface area contributed by atoms with E-state index in [2.05, 4.69) is 34.5 Å². The highest BCUT2D eigenvalue weighted by atomic mass is 16.3. The van der Waals surface area contributed by atoms with E-state index in [0.717, 1.165) is 27.7 Å². The molecule has 0 radical (unpaired) electrons. The van der Waals surface area contributed by atoms with Crippen molar-refractivity contribution in [3.8, 4) is 11.4 Å². The van der Waals surface area contributed by atoms with Gasteiger partial charge in [-0.15, -0.1) is 15.0 Å². The van der Waals surface area contributed by atoms with Gasteiger partial charge in [0.1, 0.15) is 22.5 Å². The van der Waals surface area contributed by atoms with Crippen LogP contribution in [0.15, 0.2) is 72.8 Å². The molecule has 1 N–H and O–H groups in total. The number of allylic oxidation sites excluding steroid dienone is 1. The molecule has 0 aliphatic carbocycles. The number of phenols is 1. The molecule has 0 bridgehead atoms. The summed E-state index contributed by atoms with van der Waals surface area (Å²) in [6.07, 6.45) is 4.75. The van der Waals surface area contributed by atoms with Crippen LogP contribution in [0.2, 0.25) is 0 Å². The maximum atomic E-state index is 10.8. The van der Waals surface area contributed by atoms with Gasteiger partial charge in [0.25, 0.3) is 0 Å². The van der Waals surface area contributed by atoms with E-state index in [1.807, 2.05) is 61.5 Å². The van der Waals surface area contributed by atoms with E-state index in [9.17, 15) is 5.11 Å². The van der Waals surface area contributed by atoms with Crippen molar-refractivity contribution >= 4 is 17.1 Å². The number of hydrogen-bond donors (Lipinski definition) is 1. The Labute approximate surface area is 152 Å². The molecule has 1 heterocycles. The number of aryl methyl sites for hydroxylation is 1. The molecule has 26 heavy (non-hydrogen) atoms. The number of nitrogens with zero attached hydrogens (tertiary/aromatic N) is 3. The summed E-state index contributed by atoms with van der Waals surface area (Å²) in [4.78, 5) is 1.51. The van der Waals surface area contributed by atoms with Crippen molar-refractivity contribution < 1.29 is 5.11 Å². The predicted molar refractivity (Wildman–Crippen MR) is 104 cm³/mol. The second kappa shape index (κ2) is 6.84. The summed E-state index contributed by atoms with van der Waals surface area (Å²) >= 11 is 0. The highest BCUT2D eigenvalue weighted by Crippen LogP contribution is 2.28. The van der Waals surface area contributed by atoms with Gasteiger partial charge in [-0.05, 0) is 42.7 Å². The summed E-state index contributed by atoms with van der Waals surface area (Å²) in [6, 6.07) is 21.7. The molecule has 0 aliphatic heterocycles. The van der Waals surface area contributed by atoms with Crippen LogP contribution in [0.25, 0.3) is 22.8 Å². The fraction of sp³-hybridized carbons (Fsp3) is 0.0909. The van der Waals surface area contributed by atoms with Gasteiger partial charge in [0, 0.05) is 5.56 Å². The lowest BCUT2D eigenvalue weighted by atomic mass is 10.0. The third kappa shape index (κ3) is 3.22. The van der Waals surface area contributed by atoms with E-state index in [1.54, 1.807) is 0 Å². The van der Waals surface area contributed by atoms with Crippen LogP contribution in [0.3, 0.4) is 0 Å². The zero-order valence-electron chi connectivity index (χ0n) is 14.5. The number of phenolic OH excluding ortho intramolecular Hbond substituents is 1. The van der Waals surface area contributed by atoms with Crippen LogP contribution in [-0.4, -0.2) is 20.1 Å². The average Bonchev–Trinajstić information content (AvgIpc) is 3.09. The van der Waals surface area contributed by atoms with Gasteiger partial charge in [0.05, 0.1) is 0 Å². The maximum Gasteiger partial charge on any atom is 0.146 e. The molecule has 0 fully saturated rings. The summed E-state index contributed by atoms with van der Waals surface area (Å²) in [7, 11) is 0. The zero-order valence-corrected chi connectivity index (χ0v) is 14.5. The minimum atomic E-state index is 0.216. The fourth-order valence-corrected chi connectivity index (χ4v) is 3.00. The first-order valence-electron chi connectivity index (χ1n) is 8.57. The van der Waals surface area contributed by atoms with Gasteiger partial charge >= 0.3 is 0 Å². The lowest BCUT2D eigenvalue weighted by Crippen LogP contribution is -2.01. The van der Waals surface area contributed by atoms with Gasteiger partial charge < -0.3 is 5.11 Å². The van der Waals surface area contributed by atoms with E-state index in [-0.39, 0.29) is 5.75 Å². The largest absolute Gasteiger partial charge is 0.505 e.